The molecule has 38 heavy (non-hydrogen) atoms. The van der Waals surface area contributed by atoms with E-state index in [9.17, 15) is 14.4 Å². The van der Waals surface area contributed by atoms with Gasteiger partial charge in [0.2, 0.25) is 17.7 Å². The molecule has 0 radical (unpaired) electrons. The van der Waals surface area contributed by atoms with Gasteiger partial charge in [-0.25, -0.2) is 4.90 Å². The van der Waals surface area contributed by atoms with Crippen molar-refractivity contribution in [3.8, 4) is 5.75 Å². The van der Waals surface area contributed by atoms with E-state index in [4.69, 9.17) is 4.74 Å². The molecule has 7 rings (SSSR count). The predicted octanol–water partition coefficient (Wildman–Crippen LogP) is 3.65. The Balaban J connectivity index is 1.38. The number of anilines is 2. The first-order valence-corrected chi connectivity index (χ1v) is 12.7. The molecule has 190 valence electrons. The number of hydrogen-bond donors (Lipinski definition) is 3. The van der Waals surface area contributed by atoms with E-state index in [2.05, 4.69) is 15.6 Å². The van der Waals surface area contributed by atoms with Gasteiger partial charge in [-0.1, -0.05) is 42.5 Å². The molecule has 4 atom stereocenters. The molecule has 4 heterocycles. The minimum Gasteiger partial charge on any atom is -0.497 e. The number of rotatable bonds is 4. The van der Waals surface area contributed by atoms with Crippen LogP contribution in [0.1, 0.15) is 16.7 Å². The highest BCUT2D eigenvalue weighted by molar-refractivity contribution is 6.26. The van der Waals surface area contributed by atoms with Crippen LogP contribution in [0, 0.1) is 18.8 Å². The first kappa shape index (κ1) is 22.7. The topological polar surface area (TPSA) is 104 Å². The van der Waals surface area contributed by atoms with Crippen molar-refractivity contribution in [2.45, 2.75) is 24.9 Å². The van der Waals surface area contributed by atoms with Crippen LogP contribution in [0.15, 0.2) is 72.9 Å². The minimum atomic E-state index is -1.34. The van der Waals surface area contributed by atoms with E-state index in [-0.39, 0.29) is 17.7 Å². The zero-order valence-electron chi connectivity index (χ0n) is 20.9. The lowest BCUT2D eigenvalue weighted by molar-refractivity contribution is -0.130. The number of aromatic nitrogens is 1. The number of nitrogens with one attached hydrogen (secondary N) is 3. The van der Waals surface area contributed by atoms with Crippen molar-refractivity contribution in [1.82, 2.24) is 10.3 Å². The van der Waals surface area contributed by atoms with Gasteiger partial charge in [-0.15, -0.1) is 0 Å². The van der Waals surface area contributed by atoms with Gasteiger partial charge in [0, 0.05) is 40.5 Å². The van der Waals surface area contributed by atoms with Crippen LogP contribution in [0.4, 0.5) is 11.4 Å². The summed E-state index contributed by atoms with van der Waals surface area (Å²) in [4.78, 5) is 46.7. The lowest BCUT2D eigenvalue weighted by atomic mass is 9.76. The van der Waals surface area contributed by atoms with Crippen LogP contribution in [0.3, 0.4) is 0 Å². The van der Waals surface area contributed by atoms with Crippen molar-refractivity contribution in [1.29, 1.82) is 0 Å². The summed E-state index contributed by atoms with van der Waals surface area (Å²) in [6.07, 6.45) is 2.42. The molecule has 0 aliphatic carbocycles. The van der Waals surface area contributed by atoms with Crippen molar-refractivity contribution in [3.05, 3.63) is 89.6 Å². The number of carbonyl (C=O) groups excluding carboxylic acids is 3. The maximum atomic E-state index is 14.2. The summed E-state index contributed by atoms with van der Waals surface area (Å²) in [5.74, 6) is -2.06. The molecule has 3 amide bonds. The quantitative estimate of drug-likeness (QED) is 0.367. The summed E-state index contributed by atoms with van der Waals surface area (Å²) in [5.41, 5.74) is 3.45. The van der Waals surface area contributed by atoms with Crippen molar-refractivity contribution in [3.63, 3.8) is 0 Å². The van der Waals surface area contributed by atoms with Gasteiger partial charge in [-0.3, -0.25) is 19.7 Å². The third-order valence-electron chi connectivity index (χ3n) is 8.38. The number of benzene rings is 3. The van der Waals surface area contributed by atoms with Gasteiger partial charge in [0.05, 0.1) is 24.6 Å². The first-order chi connectivity index (χ1) is 18.4. The number of hydrogen-bond acceptors (Lipinski definition) is 5. The lowest BCUT2D eigenvalue weighted by Gasteiger charge is -2.29. The largest absolute Gasteiger partial charge is 0.497 e. The molecule has 0 unspecified atom stereocenters. The van der Waals surface area contributed by atoms with Gasteiger partial charge in [0.15, 0.2) is 0 Å². The minimum absolute atomic E-state index is 0.299. The molecular weight excluding hydrogens is 480 g/mol. The van der Waals surface area contributed by atoms with Crippen LogP contribution in [0.2, 0.25) is 0 Å². The SMILES string of the molecule is COc1cccc(N2C(=O)[C@@H]3[C@H](Cc4c[nH]c5ccccc45)N[C@@]4(C(=O)Nc5c(C)cccc54)[C@@H]3C2=O)c1. The number of ether oxygens (including phenoxy) is 1. The zero-order chi connectivity index (χ0) is 26.2. The average Bonchev–Trinajstić information content (AvgIpc) is 3.64. The Morgan fingerprint density at radius 1 is 0.974 bits per heavy atom. The molecule has 3 aromatic carbocycles. The van der Waals surface area contributed by atoms with Crippen LogP contribution in [0.5, 0.6) is 5.75 Å². The maximum Gasteiger partial charge on any atom is 0.250 e. The van der Waals surface area contributed by atoms with Crippen LogP contribution in [-0.2, 0) is 26.3 Å². The molecule has 2 saturated heterocycles. The maximum absolute atomic E-state index is 14.2. The third kappa shape index (κ3) is 2.92. The number of aryl methyl sites for hydroxylation is 1. The van der Waals surface area contributed by atoms with Gasteiger partial charge >= 0.3 is 0 Å². The van der Waals surface area contributed by atoms with E-state index in [0.717, 1.165) is 22.0 Å². The molecule has 3 aliphatic heterocycles. The van der Waals surface area contributed by atoms with Crippen molar-refractivity contribution in [2.75, 3.05) is 17.3 Å². The fourth-order valence-corrected chi connectivity index (χ4v) is 6.69. The molecule has 8 nitrogen and oxygen atoms in total. The predicted molar refractivity (Wildman–Crippen MR) is 143 cm³/mol. The molecular formula is C30H26N4O4. The molecule has 3 N–H and O–H groups in total. The number of aromatic amines is 1. The van der Waals surface area contributed by atoms with Crippen molar-refractivity contribution >= 4 is 40.0 Å². The zero-order valence-corrected chi connectivity index (χ0v) is 20.9. The highest BCUT2D eigenvalue weighted by Crippen LogP contribution is 2.54. The van der Waals surface area contributed by atoms with Gasteiger partial charge in [-0.2, -0.15) is 0 Å². The van der Waals surface area contributed by atoms with E-state index < -0.39 is 23.4 Å². The molecule has 4 aromatic rings. The van der Waals surface area contributed by atoms with Gasteiger partial charge in [0.25, 0.3) is 0 Å². The van der Waals surface area contributed by atoms with Crippen LogP contribution in [0.25, 0.3) is 10.9 Å². The monoisotopic (exact) mass is 506 g/mol. The lowest BCUT2D eigenvalue weighted by Crippen LogP contribution is -2.53. The van der Waals surface area contributed by atoms with Crippen LogP contribution in [-0.4, -0.2) is 35.9 Å². The highest BCUT2D eigenvalue weighted by Gasteiger charge is 2.70. The summed E-state index contributed by atoms with van der Waals surface area (Å²) in [6.45, 7) is 1.93. The number of amides is 3. The van der Waals surface area contributed by atoms with Crippen molar-refractivity contribution in [2.24, 2.45) is 11.8 Å². The third-order valence-corrected chi connectivity index (χ3v) is 8.38. The fraction of sp³-hybridized carbons (Fsp3) is 0.233. The van der Waals surface area contributed by atoms with E-state index >= 15 is 0 Å². The van der Waals surface area contributed by atoms with Gasteiger partial charge in [0.1, 0.15) is 11.3 Å². The summed E-state index contributed by atoms with van der Waals surface area (Å²) in [5, 5.41) is 7.62. The van der Waals surface area contributed by atoms with E-state index in [1.54, 1.807) is 31.4 Å². The summed E-state index contributed by atoms with van der Waals surface area (Å²) < 4.78 is 5.35. The van der Waals surface area contributed by atoms with Crippen molar-refractivity contribution < 1.29 is 19.1 Å². The molecule has 3 aliphatic rings. The number of fused-ring (bicyclic) bond motifs is 5. The normalized spacial score (nSPS) is 25.8. The Hall–Kier alpha value is -4.43. The molecule has 2 fully saturated rings. The Morgan fingerprint density at radius 3 is 2.63 bits per heavy atom. The van der Waals surface area contributed by atoms with Crippen LogP contribution < -0.4 is 20.3 Å². The number of imide groups is 1. The Kier molecular flexibility index (Phi) is 4.81. The smallest absolute Gasteiger partial charge is 0.250 e. The average molecular weight is 507 g/mol. The number of H-pyrrole nitrogens is 1. The molecule has 1 aromatic heterocycles. The second kappa shape index (κ2) is 8.03. The highest BCUT2D eigenvalue weighted by atomic mass is 16.5. The summed E-state index contributed by atoms with van der Waals surface area (Å²) in [6, 6.07) is 20.2. The molecule has 8 heteroatoms. The van der Waals surface area contributed by atoms with Gasteiger partial charge < -0.3 is 15.0 Å². The summed E-state index contributed by atoms with van der Waals surface area (Å²) >= 11 is 0. The van der Waals surface area contributed by atoms with Crippen LogP contribution >= 0.6 is 0 Å². The molecule has 0 saturated carbocycles. The second-order valence-electron chi connectivity index (χ2n) is 10.3. The van der Waals surface area contributed by atoms with Gasteiger partial charge in [-0.05, 0) is 42.7 Å². The molecule has 0 bridgehead atoms. The second-order valence-corrected chi connectivity index (χ2v) is 10.3. The Bertz CT molecular complexity index is 1660. The standard InChI is InChI=1S/C30H26N4O4/c1-16-7-5-11-21-26(16)32-29(37)30(21)25-24(23(33-30)13-17-15-31-22-12-4-3-10-20(17)22)27(35)34(28(25)36)18-8-6-9-19(14-18)38-2/h3-12,14-15,23-25,31,33H,13H2,1-2H3,(H,32,37)/t23-,24+,25-,30+/m0/s1. The number of carbonyl (C=O) groups is 3. The number of nitrogens with zero attached hydrogens (tertiary/aromatic N) is 1. The van der Waals surface area contributed by atoms with E-state index in [0.29, 0.717) is 29.1 Å². The van der Waals surface area contributed by atoms with E-state index in [1.807, 2.05) is 55.6 Å². The number of methoxy groups -OCH3 is 1. The Labute approximate surface area is 219 Å². The van der Waals surface area contributed by atoms with E-state index in [1.165, 1.54) is 4.90 Å². The Morgan fingerprint density at radius 2 is 1.79 bits per heavy atom. The fourth-order valence-electron chi connectivity index (χ4n) is 6.69. The number of para-hydroxylation sites is 2. The first-order valence-electron chi connectivity index (χ1n) is 12.7. The molecule has 1 spiro atoms. The summed E-state index contributed by atoms with van der Waals surface area (Å²) in [7, 11) is 1.54.